The number of hydrogen-bond acceptors (Lipinski definition) is 2. The van der Waals surface area contributed by atoms with E-state index in [0.717, 1.165) is 19.5 Å². The number of carboxylic acid groups (broad SMARTS) is 1. The van der Waals surface area contributed by atoms with Gasteiger partial charge in [0.05, 0.1) is 20.1 Å². The molecule has 1 fully saturated rings. The fourth-order valence-corrected chi connectivity index (χ4v) is 2.89. The average molecular weight is 257 g/mol. The molecule has 1 aliphatic rings. The largest absolute Gasteiger partial charge is 0.477 e. The monoisotopic (exact) mass is 257 g/mol. The molecule has 0 amide bonds. The van der Waals surface area contributed by atoms with Crippen molar-refractivity contribution in [3.8, 4) is 0 Å². The van der Waals surface area contributed by atoms with Gasteiger partial charge in [-0.05, 0) is 6.42 Å². The fourth-order valence-electron chi connectivity index (χ4n) is 2.89. The minimum atomic E-state index is -0.686. The molecule has 4 heteroatoms. The number of unbranched alkanes of at least 4 members (excludes halogenated alkanes) is 5. The van der Waals surface area contributed by atoms with Crippen molar-refractivity contribution >= 4 is 5.97 Å². The van der Waals surface area contributed by atoms with Gasteiger partial charge in [0, 0.05) is 6.42 Å². The Balaban J connectivity index is 2.21. The summed E-state index contributed by atoms with van der Waals surface area (Å²) in [5.74, 6) is -0.686. The quantitative estimate of drug-likeness (QED) is 0.492. The van der Waals surface area contributed by atoms with Crippen LogP contribution in [0.2, 0.25) is 0 Å². The van der Waals surface area contributed by atoms with Crippen LogP contribution < -0.4 is 5.32 Å². The first-order valence-corrected chi connectivity index (χ1v) is 7.38. The molecule has 0 aromatic rings. The van der Waals surface area contributed by atoms with Crippen molar-refractivity contribution in [3.05, 3.63) is 0 Å². The Morgan fingerprint density at radius 2 is 1.94 bits per heavy atom. The van der Waals surface area contributed by atoms with E-state index in [1.807, 2.05) is 0 Å². The SMILES string of the molecule is CCCCCCCCC1NCC[N+]1(C)CC(=O)O. The highest BCUT2D eigenvalue weighted by Gasteiger charge is 2.38. The van der Waals surface area contributed by atoms with Gasteiger partial charge in [-0.15, -0.1) is 0 Å². The van der Waals surface area contributed by atoms with Crippen molar-refractivity contribution in [2.75, 3.05) is 26.7 Å². The van der Waals surface area contributed by atoms with Crippen LogP contribution in [0.3, 0.4) is 0 Å². The maximum absolute atomic E-state index is 10.9. The number of carboxylic acids is 1. The lowest BCUT2D eigenvalue weighted by Crippen LogP contribution is -2.53. The van der Waals surface area contributed by atoms with Gasteiger partial charge in [-0.2, -0.15) is 0 Å². The van der Waals surface area contributed by atoms with Crippen molar-refractivity contribution < 1.29 is 14.4 Å². The Kier molecular flexibility index (Phi) is 6.65. The molecule has 2 N–H and O–H groups in total. The number of rotatable bonds is 9. The van der Waals surface area contributed by atoms with E-state index in [1.165, 1.54) is 38.5 Å². The number of likely N-dealkylation sites (N-methyl/N-ethyl adjacent to an activating group) is 1. The summed E-state index contributed by atoms with van der Waals surface area (Å²) in [6.45, 7) is 4.36. The van der Waals surface area contributed by atoms with E-state index in [9.17, 15) is 4.79 Å². The Morgan fingerprint density at radius 1 is 1.28 bits per heavy atom. The van der Waals surface area contributed by atoms with E-state index < -0.39 is 5.97 Å². The summed E-state index contributed by atoms with van der Waals surface area (Å²) in [5, 5.41) is 12.4. The number of quaternary nitrogens is 1. The van der Waals surface area contributed by atoms with E-state index >= 15 is 0 Å². The van der Waals surface area contributed by atoms with Gasteiger partial charge in [-0.3, -0.25) is 5.32 Å². The van der Waals surface area contributed by atoms with E-state index in [0.29, 0.717) is 10.6 Å². The minimum Gasteiger partial charge on any atom is -0.477 e. The molecule has 0 spiro atoms. The average Bonchev–Trinajstić information content (AvgIpc) is 2.63. The second-order valence-corrected chi connectivity index (χ2v) is 5.78. The number of nitrogens with one attached hydrogen (secondary N) is 1. The van der Waals surface area contributed by atoms with E-state index in [-0.39, 0.29) is 6.54 Å². The highest BCUT2D eigenvalue weighted by atomic mass is 16.4. The van der Waals surface area contributed by atoms with Crippen molar-refractivity contribution in [2.45, 2.75) is 58.0 Å². The molecule has 1 aliphatic heterocycles. The van der Waals surface area contributed by atoms with E-state index in [2.05, 4.69) is 19.3 Å². The van der Waals surface area contributed by atoms with Crippen LogP contribution in [-0.2, 0) is 4.79 Å². The maximum atomic E-state index is 10.9. The van der Waals surface area contributed by atoms with Gasteiger partial charge in [-0.1, -0.05) is 39.0 Å². The number of hydrogen-bond donors (Lipinski definition) is 2. The zero-order chi connectivity index (χ0) is 13.4. The number of aliphatic carboxylic acids is 1. The molecule has 0 saturated carbocycles. The van der Waals surface area contributed by atoms with Crippen LogP contribution in [0.1, 0.15) is 51.9 Å². The molecule has 2 atom stereocenters. The van der Waals surface area contributed by atoms with Crippen LogP contribution in [-0.4, -0.2) is 48.4 Å². The van der Waals surface area contributed by atoms with Crippen LogP contribution in [0, 0.1) is 0 Å². The first-order valence-electron chi connectivity index (χ1n) is 7.38. The summed E-state index contributed by atoms with van der Waals surface area (Å²) in [7, 11) is 2.07. The van der Waals surface area contributed by atoms with Gasteiger partial charge in [-0.25, -0.2) is 4.79 Å². The molecule has 0 aromatic heterocycles. The van der Waals surface area contributed by atoms with Crippen molar-refractivity contribution in [1.82, 2.24) is 5.32 Å². The van der Waals surface area contributed by atoms with Crippen LogP contribution >= 0.6 is 0 Å². The third-order valence-corrected chi connectivity index (χ3v) is 4.08. The standard InChI is InChI=1S/C14H28N2O2/c1-3-4-5-6-7-8-9-13-15-10-11-16(13,2)12-14(17)18/h13,15H,3-12H2,1-2H3/p+1. The molecule has 18 heavy (non-hydrogen) atoms. The minimum absolute atomic E-state index is 0.244. The third kappa shape index (κ3) is 4.94. The lowest BCUT2D eigenvalue weighted by Gasteiger charge is -2.33. The van der Waals surface area contributed by atoms with Gasteiger partial charge in [0.15, 0.2) is 6.54 Å². The normalized spacial score (nSPS) is 27.6. The second-order valence-electron chi connectivity index (χ2n) is 5.78. The Morgan fingerprint density at radius 3 is 2.61 bits per heavy atom. The van der Waals surface area contributed by atoms with Gasteiger partial charge < -0.3 is 9.59 Å². The number of nitrogens with zero attached hydrogens (tertiary/aromatic N) is 1. The highest BCUT2D eigenvalue weighted by molar-refractivity contribution is 5.68. The molecule has 0 aromatic carbocycles. The third-order valence-electron chi connectivity index (χ3n) is 4.08. The lowest BCUT2D eigenvalue weighted by molar-refractivity contribution is -0.915. The summed E-state index contributed by atoms with van der Waals surface area (Å²) < 4.78 is 0.657. The Hall–Kier alpha value is -0.610. The Labute approximate surface area is 111 Å². The summed E-state index contributed by atoms with van der Waals surface area (Å²) in [5.41, 5.74) is 0. The summed E-state index contributed by atoms with van der Waals surface area (Å²) in [6.07, 6.45) is 9.24. The molecule has 106 valence electrons. The van der Waals surface area contributed by atoms with Gasteiger partial charge in [0.2, 0.25) is 0 Å². The smallest absolute Gasteiger partial charge is 0.359 e. The summed E-state index contributed by atoms with van der Waals surface area (Å²) in [6, 6.07) is 0. The molecular formula is C14H29N2O2+. The fraction of sp³-hybridized carbons (Fsp3) is 0.929. The highest BCUT2D eigenvalue weighted by Crippen LogP contribution is 2.19. The van der Waals surface area contributed by atoms with Crippen LogP contribution in [0.5, 0.6) is 0 Å². The van der Waals surface area contributed by atoms with Crippen LogP contribution in [0.4, 0.5) is 0 Å². The van der Waals surface area contributed by atoms with Gasteiger partial charge >= 0.3 is 5.97 Å². The second kappa shape index (κ2) is 7.74. The number of carbonyl (C=O) groups is 1. The maximum Gasteiger partial charge on any atom is 0.359 e. The first-order chi connectivity index (χ1) is 8.58. The van der Waals surface area contributed by atoms with Crippen LogP contribution in [0.15, 0.2) is 0 Å². The van der Waals surface area contributed by atoms with Crippen molar-refractivity contribution in [3.63, 3.8) is 0 Å². The van der Waals surface area contributed by atoms with Gasteiger partial charge in [0.25, 0.3) is 0 Å². The molecule has 0 aliphatic carbocycles. The molecule has 1 rings (SSSR count). The zero-order valence-corrected chi connectivity index (χ0v) is 12.0. The predicted octanol–water partition coefficient (Wildman–Crippen LogP) is 2.20. The molecule has 0 bridgehead atoms. The molecule has 4 nitrogen and oxygen atoms in total. The summed E-state index contributed by atoms with van der Waals surface area (Å²) >= 11 is 0. The molecule has 2 unspecified atom stereocenters. The zero-order valence-electron chi connectivity index (χ0n) is 12.0. The van der Waals surface area contributed by atoms with Crippen molar-refractivity contribution in [1.29, 1.82) is 0 Å². The topological polar surface area (TPSA) is 49.3 Å². The molecule has 1 heterocycles. The van der Waals surface area contributed by atoms with Gasteiger partial charge in [0.1, 0.15) is 6.17 Å². The summed E-state index contributed by atoms with van der Waals surface area (Å²) in [4.78, 5) is 10.9. The first kappa shape index (κ1) is 15.4. The van der Waals surface area contributed by atoms with E-state index in [4.69, 9.17) is 5.11 Å². The van der Waals surface area contributed by atoms with E-state index in [1.54, 1.807) is 0 Å². The predicted molar refractivity (Wildman–Crippen MR) is 73.3 cm³/mol. The van der Waals surface area contributed by atoms with Crippen LogP contribution in [0.25, 0.3) is 0 Å². The van der Waals surface area contributed by atoms with Crippen molar-refractivity contribution in [2.24, 2.45) is 0 Å². The lowest BCUT2D eigenvalue weighted by atomic mass is 10.1. The Bertz CT molecular complexity index is 258. The molecule has 0 radical (unpaired) electrons. The molecule has 1 saturated heterocycles. The molecular weight excluding hydrogens is 228 g/mol.